The second-order valence-electron chi connectivity index (χ2n) is 3.13. The van der Waals surface area contributed by atoms with Crippen molar-refractivity contribution in [2.75, 3.05) is 0 Å². The van der Waals surface area contributed by atoms with Gasteiger partial charge in [0.2, 0.25) is 5.91 Å². The van der Waals surface area contributed by atoms with E-state index in [1.165, 1.54) is 19.1 Å². The standard InChI is InChI=1S/C10H12N2O2S/c1-6(13)12-9(10(11)15)7-2-4-8(14)5-3-7/h2-5,9,14H,1H3,(H2,11,15)(H,12,13). The van der Waals surface area contributed by atoms with Gasteiger partial charge in [0, 0.05) is 6.92 Å². The number of carbonyl (C=O) groups is 1. The van der Waals surface area contributed by atoms with Gasteiger partial charge in [0.05, 0.1) is 0 Å². The largest absolute Gasteiger partial charge is 0.508 e. The summed E-state index contributed by atoms with van der Waals surface area (Å²) in [6.07, 6.45) is 0. The highest BCUT2D eigenvalue weighted by atomic mass is 32.1. The van der Waals surface area contributed by atoms with E-state index < -0.39 is 6.04 Å². The maximum atomic E-state index is 10.9. The molecule has 0 heterocycles. The second kappa shape index (κ2) is 4.75. The molecule has 1 aromatic rings. The van der Waals surface area contributed by atoms with Crippen molar-refractivity contribution in [1.82, 2.24) is 5.32 Å². The predicted octanol–water partition coefficient (Wildman–Crippen LogP) is 0.856. The highest BCUT2D eigenvalue weighted by molar-refractivity contribution is 7.80. The molecule has 0 aliphatic heterocycles. The van der Waals surface area contributed by atoms with Crippen molar-refractivity contribution in [3.8, 4) is 5.75 Å². The molecule has 1 unspecified atom stereocenters. The number of nitrogens with two attached hydrogens (primary N) is 1. The molecule has 0 spiro atoms. The molecular weight excluding hydrogens is 212 g/mol. The number of phenols is 1. The Morgan fingerprint density at radius 2 is 2.00 bits per heavy atom. The molecule has 15 heavy (non-hydrogen) atoms. The first kappa shape index (κ1) is 11.5. The maximum absolute atomic E-state index is 10.9. The van der Waals surface area contributed by atoms with Gasteiger partial charge >= 0.3 is 0 Å². The molecule has 1 aromatic carbocycles. The predicted molar refractivity (Wildman–Crippen MR) is 61.4 cm³/mol. The first-order valence-corrected chi connectivity index (χ1v) is 4.77. The van der Waals surface area contributed by atoms with Crippen molar-refractivity contribution in [3.05, 3.63) is 29.8 Å². The third kappa shape index (κ3) is 3.21. The molecule has 0 radical (unpaired) electrons. The van der Waals surface area contributed by atoms with Gasteiger partial charge in [0.25, 0.3) is 0 Å². The van der Waals surface area contributed by atoms with Gasteiger partial charge in [-0.15, -0.1) is 0 Å². The molecule has 80 valence electrons. The van der Waals surface area contributed by atoms with Crippen molar-refractivity contribution >= 4 is 23.1 Å². The van der Waals surface area contributed by atoms with Gasteiger partial charge in [-0.05, 0) is 17.7 Å². The van der Waals surface area contributed by atoms with Crippen LogP contribution < -0.4 is 11.1 Å². The molecule has 4 N–H and O–H groups in total. The molecule has 0 aliphatic rings. The van der Waals surface area contributed by atoms with Crippen LogP contribution in [0.15, 0.2) is 24.3 Å². The zero-order valence-electron chi connectivity index (χ0n) is 8.23. The summed E-state index contributed by atoms with van der Waals surface area (Å²) in [4.78, 5) is 11.1. The van der Waals surface area contributed by atoms with Gasteiger partial charge in [-0.1, -0.05) is 24.4 Å². The number of hydrogen-bond acceptors (Lipinski definition) is 3. The minimum absolute atomic E-state index is 0.156. The van der Waals surface area contributed by atoms with Crippen LogP contribution in [0.1, 0.15) is 18.5 Å². The van der Waals surface area contributed by atoms with Gasteiger partial charge < -0.3 is 16.2 Å². The van der Waals surface area contributed by atoms with Crippen LogP contribution in [-0.2, 0) is 4.79 Å². The Bertz CT molecular complexity index is 376. The van der Waals surface area contributed by atoms with E-state index in [-0.39, 0.29) is 16.6 Å². The zero-order chi connectivity index (χ0) is 11.4. The van der Waals surface area contributed by atoms with E-state index in [1.807, 2.05) is 0 Å². The van der Waals surface area contributed by atoms with Crippen molar-refractivity contribution in [3.63, 3.8) is 0 Å². The molecule has 4 nitrogen and oxygen atoms in total. The third-order valence-electron chi connectivity index (χ3n) is 1.86. The molecule has 1 atom stereocenters. The summed E-state index contributed by atoms with van der Waals surface area (Å²) in [5.74, 6) is -0.0517. The molecule has 0 saturated heterocycles. The molecular formula is C10H12N2O2S. The van der Waals surface area contributed by atoms with Crippen LogP contribution >= 0.6 is 12.2 Å². The molecule has 0 fully saturated rings. The average Bonchev–Trinajstić information content (AvgIpc) is 2.15. The van der Waals surface area contributed by atoms with Crippen LogP contribution in [0.3, 0.4) is 0 Å². The molecule has 0 bridgehead atoms. The summed E-state index contributed by atoms with van der Waals surface area (Å²) < 4.78 is 0. The Hall–Kier alpha value is -1.62. The smallest absolute Gasteiger partial charge is 0.217 e. The van der Waals surface area contributed by atoms with E-state index in [4.69, 9.17) is 23.1 Å². The van der Waals surface area contributed by atoms with Crippen molar-refractivity contribution in [2.24, 2.45) is 5.73 Å². The summed E-state index contributed by atoms with van der Waals surface area (Å²) in [6, 6.07) is 5.87. The fourth-order valence-corrected chi connectivity index (χ4v) is 1.38. The number of rotatable bonds is 3. The Labute approximate surface area is 93.1 Å². The molecule has 0 aromatic heterocycles. The van der Waals surface area contributed by atoms with Crippen LogP contribution in [0.4, 0.5) is 0 Å². The van der Waals surface area contributed by atoms with Gasteiger partial charge in [-0.2, -0.15) is 0 Å². The molecule has 0 saturated carbocycles. The average molecular weight is 224 g/mol. The summed E-state index contributed by atoms with van der Waals surface area (Å²) >= 11 is 4.85. The first-order chi connectivity index (χ1) is 7.00. The number of thiocarbonyl (C=S) groups is 1. The maximum Gasteiger partial charge on any atom is 0.217 e. The van der Waals surface area contributed by atoms with E-state index >= 15 is 0 Å². The second-order valence-corrected chi connectivity index (χ2v) is 3.60. The van der Waals surface area contributed by atoms with E-state index in [0.29, 0.717) is 0 Å². The number of phenolic OH excluding ortho intramolecular Hbond substituents is 1. The first-order valence-electron chi connectivity index (χ1n) is 4.36. The van der Waals surface area contributed by atoms with Crippen LogP contribution in [0.2, 0.25) is 0 Å². The SMILES string of the molecule is CC(=O)NC(C(N)=S)c1ccc(O)cc1. The number of aromatic hydroxyl groups is 1. The lowest BCUT2D eigenvalue weighted by Crippen LogP contribution is -2.35. The summed E-state index contributed by atoms with van der Waals surface area (Å²) in [5, 5.41) is 11.7. The highest BCUT2D eigenvalue weighted by Crippen LogP contribution is 2.17. The number of hydrogen-bond donors (Lipinski definition) is 3. The highest BCUT2D eigenvalue weighted by Gasteiger charge is 2.14. The van der Waals surface area contributed by atoms with E-state index in [9.17, 15) is 4.79 Å². The molecule has 5 heteroatoms. The summed E-state index contributed by atoms with van der Waals surface area (Å²) in [5.41, 5.74) is 6.26. The summed E-state index contributed by atoms with van der Waals surface area (Å²) in [7, 11) is 0. The molecule has 1 rings (SSSR count). The van der Waals surface area contributed by atoms with E-state index in [1.54, 1.807) is 12.1 Å². The lowest BCUT2D eigenvalue weighted by atomic mass is 10.1. The topological polar surface area (TPSA) is 75.4 Å². The minimum atomic E-state index is -0.488. The Morgan fingerprint density at radius 1 is 1.47 bits per heavy atom. The van der Waals surface area contributed by atoms with Gasteiger partial charge in [0.1, 0.15) is 16.8 Å². The lowest BCUT2D eigenvalue weighted by molar-refractivity contribution is -0.119. The Morgan fingerprint density at radius 3 is 2.40 bits per heavy atom. The van der Waals surface area contributed by atoms with Gasteiger partial charge in [-0.3, -0.25) is 4.79 Å². The van der Waals surface area contributed by atoms with Crippen LogP contribution in [-0.4, -0.2) is 16.0 Å². The van der Waals surface area contributed by atoms with Gasteiger partial charge in [-0.25, -0.2) is 0 Å². The van der Waals surface area contributed by atoms with Crippen LogP contribution in [0.5, 0.6) is 5.75 Å². The third-order valence-corrected chi connectivity index (χ3v) is 2.09. The Kier molecular flexibility index (Phi) is 3.62. The summed E-state index contributed by atoms with van der Waals surface area (Å²) in [6.45, 7) is 1.39. The normalized spacial score (nSPS) is 11.8. The van der Waals surface area contributed by atoms with Crippen LogP contribution in [0.25, 0.3) is 0 Å². The number of carbonyl (C=O) groups excluding carboxylic acids is 1. The fourth-order valence-electron chi connectivity index (χ4n) is 1.19. The Balaban J connectivity index is 2.94. The lowest BCUT2D eigenvalue weighted by Gasteiger charge is -2.16. The van der Waals surface area contributed by atoms with E-state index in [0.717, 1.165) is 5.56 Å². The van der Waals surface area contributed by atoms with Crippen LogP contribution in [0, 0.1) is 0 Å². The number of nitrogens with one attached hydrogen (secondary N) is 1. The zero-order valence-corrected chi connectivity index (χ0v) is 9.04. The van der Waals surface area contributed by atoms with E-state index in [2.05, 4.69) is 5.32 Å². The monoisotopic (exact) mass is 224 g/mol. The van der Waals surface area contributed by atoms with Crippen molar-refractivity contribution < 1.29 is 9.90 Å². The fraction of sp³-hybridized carbons (Fsp3) is 0.200. The minimum Gasteiger partial charge on any atom is -0.508 e. The quantitative estimate of drug-likeness (QED) is 0.665. The van der Waals surface area contributed by atoms with Crippen molar-refractivity contribution in [2.45, 2.75) is 13.0 Å². The molecule has 1 amide bonds. The number of amides is 1. The molecule has 0 aliphatic carbocycles. The van der Waals surface area contributed by atoms with Gasteiger partial charge in [0.15, 0.2) is 0 Å². The number of benzene rings is 1. The van der Waals surface area contributed by atoms with Crippen molar-refractivity contribution in [1.29, 1.82) is 0 Å².